The predicted octanol–water partition coefficient (Wildman–Crippen LogP) is 15.2. The Kier molecular flexibility index (Phi) is 7.81. The second kappa shape index (κ2) is 13.4. The molecule has 2 heteroatoms. The lowest BCUT2D eigenvalue weighted by molar-refractivity contribution is 0.513. The molecule has 266 valence electrons. The molecule has 1 heterocycles. The predicted molar refractivity (Wildman–Crippen MR) is 236 cm³/mol. The van der Waals surface area contributed by atoms with Gasteiger partial charge in [-0.05, 0) is 116 Å². The van der Waals surface area contributed by atoms with Gasteiger partial charge in [-0.25, -0.2) is 0 Å². The summed E-state index contributed by atoms with van der Waals surface area (Å²) in [7, 11) is 0. The Labute approximate surface area is 327 Å². The van der Waals surface area contributed by atoms with Crippen LogP contribution in [-0.2, 0) is 0 Å². The Balaban J connectivity index is 1.14. The molecule has 9 aromatic rings. The van der Waals surface area contributed by atoms with E-state index in [4.69, 9.17) is 4.42 Å². The number of nitrogens with zero attached hydrogens (tertiary/aromatic N) is 1. The monoisotopic (exact) mass is 717 g/mol. The standard InChI is InChI=1S/C54H39NO/c1-3-14-36(15-4-1)45-30-29-43(35-50(45)37-16-5-2-6-17-37)55(42-28-31-46-41(32-42)27-26-38-18-9-10-21-44(38)46)52-25-12-11-22-47(52)48-23-13-24-49-51-33-39-19-7-8-20-40(39)34-53(51)56-54(48)49/h1-11,13-22,24,26-35,48H,12,23,25H2. The molecule has 0 bridgehead atoms. The minimum absolute atomic E-state index is 0.0844. The summed E-state index contributed by atoms with van der Waals surface area (Å²) in [5, 5.41) is 8.66. The molecule has 1 aromatic heterocycles. The molecule has 0 amide bonds. The lowest BCUT2D eigenvalue weighted by atomic mass is 9.82. The maximum absolute atomic E-state index is 6.91. The SMILES string of the molecule is C1=CC(C2CC=Cc3c2oc2cc4ccccc4cc32)=C(N(c2ccc(-c3ccccc3)c(-c3ccccc3)c2)c2ccc3c(ccc4ccccc43)c2)CC1. The molecule has 56 heavy (non-hydrogen) atoms. The largest absolute Gasteiger partial charge is 0.460 e. The third-order valence-electron chi connectivity index (χ3n) is 11.8. The molecular formula is C54H39NO. The lowest BCUT2D eigenvalue weighted by Gasteiger charge is -2.34. The van der Waals surface area contributed by atoms with E-state index in [0.717, 1.165) is 42.0 Å². The molecule has 1 atom stereocenters. The van der Waals surface area contributed by atoms with Gasteiger partial charge in [0, 0.05) is 33.9 Å². The van der Waals surface area contributed by atoms with Crippen molar-refractivity contribution in [2.75, 3.05) is 4.90 Å². The van der Waals surface area contributed by atoms with Crippen molar-refractivity contribution in [1.29, 1.82) is 0 Å². The first-order valence-electron chi connectivity index (χ1n) is 19.7. The van der Waals surface area contributed by atoms with E-state index in [1.165, 1.54) is 76.8 Å². The molecule has 0 radical (unpaired) electrons. The summed E-state index contributed by atoms with van der Waals surface area (Å²) < 4.78 is 6.91. The fourth-order valence-electron chi connectivity index (χ4n) is 9.18. The highest BCUT2D eigenvalue weighted by molar-refractivity contribution is 6.08. The molecule has 8 aromatic carbocycles. The van der Waals surface area contributed by atoms with Gasteiger partial charge in [-0.1, -0.05) is 158 Å². The number of allylic oxidation sites excluding steroid dienone is 5. The number of furan rings is 1. The molecule has 11 rings (SSSR count). The molecule has 0 spiro atoms. The van der Waals surface area contributed by atoms with Crippen molar-refractivity contribution in [3.63, 3.8) is 0 Å². The van der Waals surface area contributed by atoms with Gasteiger partial charge >= 0.3 is 0 Å². The summed E-state index contributed by atoms with van der Waals surface area (Å²) >= 11 is 0. The van der Waals surface area contributed by atoms with Crippen LogP contribution in [-0.4, -0.2) is 0 Å². The Morgan fingerprint density at radius 3 is 1.96 bits per heavy atom. The number of hydrogen-bond acceptors (Lipinski definition) is 2. The van der Waals surface area contributed by atoms with Crippen LogP contribution in [0.1, 0.15) is 36.5 Å². The smallest absolute Gasteiger partial charge is 0.135 e. The number of fused-ring (bicyclic) bond motifs is 7. The number of benzene rings is 8. The topological polar surface area (TPSA) is 16.4 Å². The normalized spacial score (nSPS) is 15.2. The van der Waals surface area contributed by atoms with Crippen molar-refractivity contribution in [3.05, 3.63) is 211 Å². The average Bonchev–Trinajstić information content (AvgIpc) is 3.64. The van der Waals surface area contributed by atoms with E-state index >= 15 is 0 Å². The van der Waals surface area contributed by atoms with Crippen molar-refractivity contribution in [2.24, 2.45) is 0 Å². The molecule has 0 N–H and O–H groups in total. The van der Waals surface area contributed by atoms with Crippen LogP contribution >= 0.6 is 0 Å². The maximum atomic E-state index is 6.91. The van der Waals surface area contributed by atoms with Gasteiger partial charge in [-0.2, -0.15) is 0 Å². The third-order valence-corrected chi connectivity index (χ3v) is 11.8. The second-order valence-electron chi connectivity index (χ2n) is 15.1. The maximum Gasteiger partial charge on any atom is 0.135 e. The summed E-state index contributed by atoms with van der Waals surface area (Å²) in [5.41, 5.74) is 11.9. The van der Waals surface area contributed by atoms with Gasteiger partial charge in [0.25, 0.3) is 0 Å². The Hall–Kier alpha value is -6.90. The summed E-state index contributed by atoms with van der Waals surface area (Å²) in [6, 6.07) is 62.0. The van der Waals surface area contributed by atoms with Gasteiger partial charge in [-0.3, -0.25) is 0 Å². The molecular weight excluding hydrogens is 679 g/mol. The van der Waals surface area contributed by atoms with Gasteiger partial charge in [0.1, 0.15) is 11.3 Å². The fourth-order valence-corrected chi connectivity index (χ4v) is 9.18. The summed E-state index contributed by atoms with van der Waals surface area (Å²) in [4.78, 5) is 2.55. The first kappa shape index (κ1) is 32.5. The van der Waals surface area contributed by atoms with E-state index in [1.54, 1.807) is 0 Å². The van der Waals surface area contributed by atoms with Crippen LogP contribution in [0.3, 0.4) is 0 Å². The van der Waals surface area contributed by atoms with Crippen LogP contribution in [0.5, 0.6) is 0 Å². The molecule has 1 unspecified atom stereocenters. The Bertz CT molecular complexity index is 3050. The molecule has 2 aliphatic carbocycles. The van der Waals surface area contributed by atoms with Crippen LogP contribution < -0.4 is 4.90 Å². The van der Waals surface area contributed by atoms with Crippen LogP contribution in [0.15, 0.2) is 204 Å². The van der Waals surface area contributed by atoms with Crippen LogP contribution in [0.25, 0.3) is 71.6 Å². The Morgan fingerprint density at radius 2 is 1.14 bits per heavy atom. The van der Waals surface area contributed by atoms with E-state index in [1.807, 2.05) is 0 Å². The van der Waals surface area contributed by atoms with Crippen molar-refractivity contribution in [1.82, 2.24) is 0 Å². The van der Waals surface area contributed by atoms with Crippen molar-refractivity contribution in [3.8, 4) is 22.3 Å². The number of rotatable bonds is 6. The zero-order chi connectivity index (χ0) is 37.0. The third kappa shape index (κ3) is 5.48. The highest BCUT2D eigenvalue weighted by atomic mass is 16.3. The van der Waals surface area contributed by atoms with E-state index in [-0.39, 0.29) is 5.92 Å². The van der Waals surface area contributed by atoms with Gasteiger partial charge in [0.15, 0.2) is 0 Å². The molecule has 2 aliphatic rings. The van der Waals surface area contributed by atoms with Gasteiger partial charge in [0.05, 0.1) is 0 Å². The van der Waals surface area contributed by atoms with E-state index in [2.05, 4.69) is 199 Å². The molecule has 2 nitrogen and oxygen atoms in total. The second-order valence-corrected chi connectivity index (χ2v) is 15.1. The van der Waals surface area contributed by atoms with Gasteiger partial charge < -0.3 is 9.32 Å². The number of hydrogen-bond donors (Lipinski definition) is 0. The minimum atomic E-state index is 0.0844. The summed E-state index contributed by atoms with van der Waals surface area (Å²) in [5.74, 6) is 1.15. The van der Waals surface area contributed by atoms with Gasteiger partial charge in [-0.15, -0.1) is 0 Å². The first-order valence-corrected chi connectivity index (χ1v) is 19.7. The zero-order valence-electron chi connectivity index (χ0n) is 31.0. The first-order chi connectivity index (χ1) is 27.8. The lowest BCUT2D eigenvalue weighted by Crippen LogP contribution is -2.22. The average molecular weight is 718 g/mol. The van der Waals surface area contributed by atoms with Crippen molar-refractivity contribution in [2.45, 2.75) is 25.2 Å². The van der Waals surface area contributed by atoms with Crippen LogP contribution in [0, 0.1) is 0 Å². The van der Waals surface area contributed by atoms with Crippen LogP contribution in [0.2, 0.25) is 0 Å². The molecule has 0 aliphatic heterocycles. The molecule has 0 saturated carbocycles. The van der Waals surface area contributed by atoms with E-state index in [0.29, 0.717) is 0 Å². The highest BCUT2D eigenvalue weighted by Gasteiger charge is 2.31. The summed E-state index contributed by atoms with van der Waals surface area (Å²) in [6.45, 7) is 0. The van der Waals surface area contributed by atoms with Crippen molar-refractivity contribution < 1.29 is 4.42 Å². The number of anilines is 2. The zero-order valence-corrected chi connectivity index (χ0v) is 31.0. The summed E-state index contributed by atoms with van der Waals surface area (Å²) in [6.07, 6.45) is 12.1. The molecule has 0 saturated heterocycles. The van der Waals surface area contributed by atoms with Gasteiger partial charge in [0.2, 0.25) is 0 Å². The van der Waals surface area contributed by atoms with Crippen LogP contribution in [0.4, 0.5) is 11.4 Å². The van der Waals surface area contributed by atoms with Crippen molar-refractivity contribution >= 4 is 60.7 Å². The Morgan fingerprint density at radius 1 is 0.482 bits per heavy atom. The van der Waals surface area contributed by atoms with E-state index < -0.39 is 0 Å². The van der Waals surface area contributed by atoms with E-state index in [9.17, 15) is 0 Å². The fraction of sp³-hybridized carbons (Fsp3) is 0.0741. The minimum Gasteiger partial charge on any atom is -0.460 e. The quantitative estimate of drug-likeness (QED) is 0.159. The highest BCUT2D eigenvalue weighted by Crippen LogP contribution is 2.48. The molecule has 0 fully saturated rings.